The maximum atomic E-state index is 12.0. The average molecular weight is 300 g/mol. The fraction of sp³-hybridized carbons (Fsp3) is 0.455. The van der Waals surface area contributed by atoms with E-state index in [0.29, 0.717) is 16.0 Å². The molecule has 0 aromatic carbocycles. The van der Waals surface area contributed by atoms with E-state index in [9.17, 15) is 4.79 Å². The second kappa shape index (κ2) is 6.12. The van der Waals surface area contributed by atoms with Gasteiger partial charge in [-0.15, -0.1) is 10.2 Å². The third-order valence-corrected chi connectivity index (χ3v) is 3.59. The molecule has 2 aromatic rings. The monoisotopic (exact) mass is 299 g/mol. The number of anilines is 1. The number of nitrogens with zero attached hydrogens (tertiary/aromatic N) is 5. The Morgan fingerprint density at radius 1 is 1.47 bits per heavy atom. The van der Waals surface area contributed by atoms with Crippen molar-refractivity contribution in [2.45, 2.75) is 19.9 Å². The van der Waals surface area contributed by atoms with Gasteiger partial charge >= 0.3 is 0 Å². The first-order valence-corrected chi connectivity index (χ1v) is 7.05. The quantitative estimate of drug-likeness (QED) is 0.840. The molecule has 19 heavy (non-hydrogen) atoms. The molecule has 0 unspecified atom stereocenters. The van der Waals surface area contributed by atoms with Gasteiger partial charge in [-0.25, -0.2) is 4.68 Å². The SMILES string of the molecule is CCCN(C)c1cnn(Cc2nnc(Cl)s2)c(=O)c1. The van der Waals surface area contributed by atoms with Crippen molar-refractivity contribution < 1.29 is 0 Å². The zero-order valence-electron chi connectivity index (χ0n) is 10.7. The third-order valence-electron chi connectivity index (χ3n) is 2.58. The maximum Gasteiger partial charge on any atom is 0.269 e. The Labute approximate surface area is 119 Å². The summed E-state index contributed by atoms with van der Waals surface area (Å²) in [5, 5.41) is 12.4. The van der Waals surface area contributed by atoms with Crippen LogP contribution in [-0.4, -0.2) is 33.6 Å². The van der Waals surface area contributed by atoms with Crippen LogP contribution in [0.15, 0.2) is 17.1 Å². The third kappa shape index (κ3) is 3.51. The minimum Gasteiger partial charge on any atom is -0.373 e. The summed E-state index contributed by atoms with van der Waals surface area (Å²) in [5.41, 5.74) is 0.658. The Hall–Kier alpha value is -1.47. The second-order valence-electron chi connectivity index (χ2n) is 4.08. The smallest absolute Gasteiger partial charge is 0.269 e. The summed E-state index contributed by atoms with van der Waals surface area (Å²) < 4.78 is 1.71. The lowest BCUT2D eigenvalue weighted by Gasteiger charge is -2.17. The molecule has 0 amide bonds. The molecule has 0 aliphatic carbocycles. The van der Waals surface area contributed by atoms with Crippen LogP contribution in [0, 0.1) is 0 Å². The highest BCUT2D eigenvalue weighted by Crippen LogP contribution is 2.15. The molecule has 6 nitrogen and oxygen atoms in total. The highest BCUT2D eigenvalue weighted by atomic mass is 35.5. The van der Waals surface area contributed by atoms with Crippen LogP contribution < -0.4 is 10.5 Å². The van der Waals surface area contributed by atoms with Gasteiger partial charge in [0.25, 0.3) is 5.56 Å². The Bertz CT molecular complexity index is 611. The van der Waals surface area contributed by atoms with Crippen LogP contribution in [0.25, 0.3) is 0 Å². The van der Waals surface area contributed by atoms with Crippen LogP contribution in [0.5, 0.6) is 0 Å². The standard InChI is InChI=1S/C11H14ClN5OS/c1-3-4-16(2)8-5-10(18)17(13-6-8)7-9-14-15-11(12)19-9/h5-6H,3-4,7H2,1-2H3. The molecule has 2 heterocycles. The molecule has 0 fully saturated rings. The van der Waals surface area contributed by atoms with Crippen molar-refractivity contribution in [1.82, 2.24) is 20.0 Å². The van der Waals surface area contributed by atoms with E-state index in [2.05, 4.69) is 22.2 Å². The van der Waals surface area contributed by atoms with Gasteiger partial charge in [-0.1, -0.05) is 18.3 Å². The van der Waals surface area contributed by atoms with Crippen molar-refractivity contribution in [3.8, 4) is 0 Å². The highest BCUT2D eigenvalue weighted by Gasteiger charge is 2.07. The van der Waals surface area contributed by atoms with E-state index in [-0.39, 0.29) is 5.56 Å². The molecule has 0 aliphatic heterocycles. The normalized spacial score (nSPS) is 10.7. The molecule has 2 rings (SSSR count). The molecular formula is C11H14ClN5OS. The maximum absolute atomic E-state index is 12.0. The van der Waals surface area contributed by atoms with Crippen LogP contribution in [0.4, 0.5) is 5.69 Å². The first kappa shape index (κ1) is 14.0. The lowest BCUT2D eigenvalue weighted by Crippen LogP contribution is -2.26. The van der Waals surface area contributed by atoms with Crippen LogP contribution in [0.2, 0.25) is 4.47 Å². The lowest BCUT2D eigenvalue weighted by molar-refractivity contribution is 0.630. The van der Waals surface area contributed by atoms with E-state index < -0.39 is 0 Å². The molecule has 0 aliphatic rings. The lowest BCUT2D eigenvalue weighted by atomic mass is 10.3. The first-order valence-electron chi connectivity index (χ1n) is 5.86. The summed E-state index contributed by atoms with van der Waals surface area (Å²) in [4.78, 5) is 14.0. The minimum atomic E-state index is -0.160. The fourth-order valence-electron chi connectivity index (χ4n) is 1.64. The summed E-state index contributed by atoms with van der Waals surface area (Å²) in [6.07, 6.45) is 2.70. The molecule has 0 N–H and O–H groups in total. The van der Waals surface area contributed by atoms with Crippen molar-refractivity contribution in [2.24, 2.45) is 0 Å². The van der Waals surface area contributed by atoms with E-state index in [1.807, 2.05) is 11.9 Å². The van der Waals surface area contributed by atoms with E-state index in [1.54, 1.807) is 12.3 Å². The van der Waals surface area contributed by atoms with Crippen molar-refractivity contribution >= 4 is 28.6 Å². The Morgan fingerprint density at radius 2 is 2.26 bits per heavy atom. The molecular weight excluding hydrogens is 286 g/mol. The minimum absolute atomic E-state index is 0.160. The summed E-state index contributed by atoms with van der Waals surface area (Å²) in [5.74, 6) is 0. The predicted molar refractivity (Wildman–Crippen MR) is 76.1 cm³/mol. The molecule has 2 aromatic heterocycles. The highest BCUT2D eigenvalue weighted by molar-refractivity contribution is 7.15. The zero-order valence-corrected chi connectivity index (χ0v) is 12.3. The molecule has 102 valence electrons. The zero-order chi connectivity index (χ0) is 13.8. The van der Waals surface area contributed by atoms with Gasteiger partial charge in [0.2, 0.25) is 4.47 Å². The first-order chi connectivity index (χ1) is 9.10. The van der Waals surface area contributed by atoms with Crippen LogP contribution in [0.1, 0.15) is 18.4 Å². The van der Waals surface area contributed by atoms with Gasteiger partial charge < -0.3 is 4.90 Å². The summed E-state index contributed by atoms with van der Waals surface area (Å²) in [6, 6.07) is 1.57. The number of hydrogen-bond donors (Lipinski definition) is 0. The number of hydrogen-bond acceptors (Lipinski definition) is 6. The topological polar surface area (TPSA) is 63.9 Å². The van der Waals surface area contributed by atoms with Crippen molar-refractivity contribution in [1.29, 1.82) is 0 Å². The number of rotatable bonds is 5. The van der Waals surface area contributed by atoms with Crippen molar-refractivity contribution in [3.63, 3.8) is 0 Å². The van der Waals surface area contributed by atoms with E-state index in [1.165, 1.54) is 16.0 Å². The van der Waals surface area contributed by atoms with E-state index in [0.717, 1.165) is 18.7 Å². The molecule has 0 radical (unpaired) electrons. The average Bonchev–Trinajstić information content (AvgIpc) is 2.78. The number of halogens is 1. The molecule has 0 spiro atoms. The van der Waals surface area contributed by atoms with Gasteiger partial charge in [0.15, 0.2) is 0 Å². The Morgan fingerprint density at radius 3 is 2.84 bits per heavy atom. The van der Waals surface area contributed by atoms with Crippen LogP contribution in [0.3, 0.4) is 0 Å². The van der Waals surface area contributed by atoms with Gasteiger partial charge in [0.1, 0.15) is 5.01 Å². The van der Waals surface area contributed by atoms with Gasteiger partial charge in [-0.05, 0) is 18.0 Å². The van der Waals surface area contributed by atoms with E-state index >= 15 is 0 Å². The Balaban J connectivity index is 2.17. The second-order valence-corrected chi connectivity index (χ2v) is 5.72. The molecule has 0 atom stereocenters. The van der Waals surface area contributed by atoms with E-state index in [4.69, 9.17) is 11.6 Å². The van der Waals surface area contributed by atoms with Crippen molar-refractivity contribution in [2.75, 3.05) is 18.5 Å². The predicted octanol–water partition coefficient (Wildman–Crippen LogP) is 1.64. The summed E-state index contributed by atoms with van der Waals surface area (Å²) in [6.45, 7) is 3.27. The molecule has 0 bridgehead atoms. The van der Waals surface area contributed by atoms with Crippen LogP contribution >= 0.6 is 22.9 Å². The van der Waals surface area contributed by atoms with Gasteiger partial charge in [0.05, 0.1) is 18.4 Å². The summed E-state index contributed by atoms with van der Waals surface area (Å²) in [7, 11) is 1.94. The van der Waals surface area contributed by atoms with Gasteiger partial charge in [-0.3, -0.25) is 4.79 Å². The molecule has 0 saturated heterocycles. The number of aromatic nitrogens is 4. The van der Waals surface area contributed by atoms with Crippen molar-refractivity contribution in [3.05, 3.63) is 32.1 Å². The molecule has 0 saturated carbocycles. The Kier molecular flexibility index (Phi) is 4.49. The largest absolute Gasteiger partial charge is 0.373 e. The van der Waals surface area contributed by atoms with Gasteiger partial charge in [0, 0.05) is 19.7 Å². The fourth-order valence-corrected chi connectivity index (χ4v) is 2.49. The molecule has 8 heteroatoms. The van der Waals surface area contributed by atoms with Crippen LogP contribution in [-0.2, 0) is 6.54 Å². The van der Waals surface area contributed by atoms with Gasteiger partial charge in [-0.2, -0.15) is 5.10 Å². The summed E-state index contributed by atoms with van der Waals surface area (Å²) >= 11 is 6.94.